The van der Waals surface area contributed by atoms with Crippen LogP contribution in [0.4, 0.5) is 11.6 Å². The van der Waals surface area contributed by atoms with Gasteiger partial charge in [-0.05, 0) is 4.92 Å². The van der Waals surface area contributed by atoms with E-state index in [4.69, 9.17) is 0 Å². The summed E-state index contributed by atoms with van der Waals surface area (Å²) in [6.07, 6.45) is 4.72. The molecule has 8 nitrogen and oxygen atoms in total. The van der Waals surface area contributed by atoms with Gasteiger partial charge >= 0.3 is 5.82 Å². The quantitative estimate of drug-likeness (QED) is 0.616. The van der Waals surface area contributed by atoms with E-state index in [1.54, 1.807) is 19.4 Å². The summed E-state index contributed by atoms with van der Waals surface area (Å²) in [6.45, 7) is 0.352. The van der Waals surface area contributed by atoms with E-state index in [9.17, 15) is 10.1 Å². The predicted molar refractivity (Wildman–Crippen MR) is 59.6 cm³/mol. The molecular weight excluding hydrogens is 224 g/mol. The van der Waals surface area contributed by atoms with Crippen molar-refractivity contribution in [3.05, 3.63) is 40.5 Å². The monoisotopic (exact) mass is 234 g/mol. The largest absolute Gasteiger partial charge is 0.389 e. The number of nitrogens with zero attached hydrogens (tertiary/aromatic N) is 5. The molecule has 88 valence electrons. The maximum atomic E-state index is 10.4. The molecule has 1 N–H and O–H groups in total. The summed E-state index contributed by atoms with van der Waals surface area (Å²) < 4.78 is 1.45. The van der Waals surface area contributed by atoms with Crippen LogP contribution in [0.2, 0.25) is 0 Å². The first-order valence-electron chi connectivity index (χ1n) is 4.85. The summed E-state index contributed by atoms with van der Waals surface area (Å²) in [5, 5.41) is 17.1. The Morgan fingerprint density at radius 3 is 2.82 bits per heavy atom. The zero-order chi connectivity index (χ0) is 12.3. The predicted octanol–water partition coefficient (Wildman–Crippen LogP) is 0.671. The van der Waals surface area contributed by atoms with Crippen molar-refractivity contribution in [3.63, 3.8) is 0 Å². The van der Waals surface area contributed by atoms with Crippen LogP contribution in [-0.4, -0.2) is 31.7 Å². The molecule has 17 heavy (non-hydrogen) atoms. The minimum Gasteiger partial charge on any atom is -0.372 e. The van der Waals surface area contributed by atoms with Crippen LogP contribution in [0.15, 0.2) is 24.7 Å². The minimum atomic E-state index is -0.535. The van der Waals surface area contributed by atoms with Crippen molar-refractivity contribution in [3.8, 4) is 0 Å². The Morgan fingerprint density at radius 1 is 1.47 bits per heavy atom. The second-order valence-corrected chi connectivity index (χ2v) is 3.27. The molecule has 0 aromatic carbocycles. The maximum absolute atomic E-state index is 10.4. The maximum Gasteiger partial charge on any atom is 0.389 e. The Labute approximate surface area is 96.5 Å². The summed E-state index contributed by atoms with van der Waals surface area (Å²) in [5.74, 6) is 0.491. The topological polar surface area (TPSA) is 98.8 Å². The lowest BCUT2D eigenvalue weighted by Crippen LogP contribution is -2.04. The molecule has 0 aliphatic carbocycles. The number of nitro groups is 1. The number of hydrogen-bond acceptors (Lipinski definition) is 6. The molecule has 2 aromatic rings. The van der Waals surface area contributed by atoms with Crippen LogP contribution >= 0.6 is 0 Å². The zero-order valence-electron chi connectivity index (χ0n) is 9.07. The van der Waals surface area contributed by atoms with E-state index in [2.05, 4.69) is 20.4 Å². The fraction of sp³-hybridized carbons (Fsp3) is 0.222. The Bertz CT molecular complexity index is 521. The highest BCUT2D eigenvalue weighted by atomic mass is 16.6. The van der Waals surface area contributed by atoms with Crippen LogP contribution in [0, 0.1) is 10.1 Å². The summed E-state index contributed by atoms with van der Waals surface area (Å²) in [7, 11) is 1.75. The van der Waals surface area contributed by atoms with Crippen molar-refractivity contribution in [2.24, 2.45) is 0 Å². The number of hydrogen-bond donors (Lipinski definition) is 1. The van der Waals surface area contributed by atoms with Crippen molar-refractivity contribution in [2.45, 2.75) is 6.54 Å². The minimum absolute atomic E-state index is 0.176. The third-order valence-corrected chi connectivity index (χ3v) is 2.10. The lowest BCUT2D eigenvalue weighted by atomic mass is 10.4. The first-order valence-corrected chi connectivity index (χ1v) is 4.85. The van der Waals surface area contributed by atoms with E-state index in [0.717, 1.165) is 0 Å². The number of anilines is 1. The molecule has 0 unspecified atom stereocenters. The fourth-order valence-electron chi connectivity index (χ4n) is 1.27. The van der Waals surface area contributed by atoms with Gasteiger partial charge in [0.1, 0.15) is 12.4 Å². The van der Waals surface area contributed by atoms with Crippen LogP contribution in [0.3, 0.4) is 0 Å². The molecule has 0 spiro atoms. The van der Waals surface area contributed by atoms with E-state index in [-0.39, 0.29) is 5.82 Å². The molecule has 0 amide bonds. The molecular formula is C9H10N6O2. The third kappa shape index (κ3) is 2.54. The van der Waals surface area contributed by atoms with Crippen molar-refractivity contribution in [1.82, 2.24) is 19.7 Å². The van der Waals surface area contributed by atoms with Gasteiger partial charge in [-0.1, -0.05) is 0 Å². The SMILES string of the molecule is CNc1cnc(Cn2ccc([N+](=O)[O-])n2)cn1. The lowest BCUT2D eigenvalue weighted by Gasteiger charge is -1.99. The van der Waals surface area contributed by atoms with E-state index in [1.807, 2.05) is 0 Å². The van der Waals surface area contributed by atoms with Crippen molar-refractivity contribution >= 4 is 11.6 Å². The molecule has 0 aliphatic rings. The highest BCUT2D eigenvalue weighted by Crippen LogP contribution is 2.07. The fourth-order valence-corrected chi connectivity index (χ4v) is 1.27. The Hall–Kier alpha value is -2.51. The summed E-state index contributed by atoms with van der Waals surface area (Å²) in [6, 6.07) is 1.34. The smallest absolute Gasteiger partial charge is 0.372 e. The standard InChI is InChI=1S/C9H10N6O2/c1-10-8-5-11-7(4-12-8)6-14-3-2-9(13-14)15(16)17/h2-5H,6H2,1H3,(H,10,12). The van der Waals surface area contributed by atoms with Crippen molar-refractivity contribution in [1.29, 1.82) is 0 Å². The van der Waals surface area contributed by atoms with Gasteiger partial charge < -0.3 is 15.4 Å². The van der Waals surface area contributed by atoms with E-state index < -0.39 is 4.92 Å². The second-order valence-electron chi connectivity index (χ2n) is 3.27. The molecule has 8 heteroatoms. The van der Waals surface area contributed by atoms with Gasteiger partial charge in [-0.3, -0.25) is 4.98 Å². The van der Waals surface area contributed by atoms with Crippen LogP contribution in [-0.2, 0) is 6.54 Å². The van der Waals surface area contributed by atoms with Crippen LogP contribution in [0.5, 0.6) is 0 Å². The Kier molecular flexibility index (Phi) is 2.95. The van der Waals surface area contributed by atoms with Crippen molar-refractivity contribution in [2.75, 3.05) is 12.4 Å². The molecule has 0 saturated carbocycles. The van der Waals surface area contributed by atoms with Gasteiger partial charge in [-0.2, -0.15) is 4.68 Å². The van der Waals surface area contributed by atoms with Crippen LogP contribution < -0.4 is 5.32 Å². The average Bonchev–Trinajstić information content (AvgIpc) is 2.79. The average molecular weight is 234 g/mol. The number of nitrogens with one attached hydrogen (secondary N) is 1. The molecule has 2 heterocycles. The highest BCUT2D eigenvalue weighted by Gasteiger charge is 2.11. The Morgan fingerprint density at radius 2 is 2.29 bits per heavy atom. The Balaban J connectivity index is 2.11. The van der Waals surface area contributed by atoms with E-state index in [1.165, 1.54) is 16.9 Å². The normalized spacial score (nSPS) is 10.2. The van der Waals surface area contributed by atoms with Gasteiger partial charge in [0.05, 0.1) is 35.4 Å². The molecule has 0 bridgehead atoms. The second kappa shape index (κ2) is 4.56. The molecule has 2 aromatic heterocycles. The first kappa shape index (κ1) is 11.0. The van der Waals surface area contributed by atoms with Gasteiger partial charge in [0.15, 0.2) is 0 Å². The third-order valence-electron chi connectivity index (χ3n) is 2.10. The number of rotatable bonds is 4. The molecule has 0 radical (unpaired) electrons. The molecule has 0 atom stereocenters. The van der Waals surface area contributed by atoms with Crippen LogP contribution in [0.25, 0.3) is 0 Å². The van der Waals surface area contributed by atoms with E-state index >= 15 is 0 Å². The summed E-state index contributed by atoms with van der Waals surface area (Å²) >= 11 is 0. The molecule has 0 fully saturated rings. The zero-order valence-corrected chi connectivity index (χ0v) is 9.07. The van der Waals surface area contributed by atoms with Crippen LogP contribution in [0.1, 0.15) is 5.69 Å². The highest BCUT2D eigenvalue weighted by molar-refractivity contribution is 5.29. The van der Waals surface area contributed by atoms with E-state index in [0.29, 0.717) is 18.1 Å². The molecule has 0 aliphatic heterocycles. The first-order chi connectivity index (χ1) is 8.19. The van der Waals surface area contributed by atoms with Crippen molar-refractivity contribution < 1.29 is 4.92 Å². The molecule has 0 saturated heterocycles. The van der Waals surface area contributed by atoms with Gasteiger partial charge in [-0.15, -0.1) is 0 Å². The lowest BCUT2D eigenvalue weighted by molar-refractivity contribution is -0.389. The summed E-state index contributed by atoms with van der Waals surface area (Å²) in [4.78, 5) is 18.1. The number of aromatic nitrogens is 4. The summed E-state index contributed by atoms with van der Waals surface area (Å²) in [5.41, 5.74) is 0.682. The van der Waals surface area contributed by atoms with Gasteiger partial charge in [-0.25, -0.2) is 4.98 Å². The van der Waals surface area contributed by atoms with Gasteiger partial charge in [0, 0.05) is 7.05 Å². The van der Waals surface area contributed by atoms with Gasteiger partial charge in [0.25, 0.3) is 0 Å². The van der Waals surface area contributed by atoms with Gasteiger partial charge in [0.2, 0.25) is 0 Å². The molecule has 2 rings (SSSR count).